The summed E-state index contributed by atoms with van der Waals surface area (Å²) >= 11 is 0. The van der Waals surface area contributed by atoms with Gasteiger partial charge in [0.1, 0.15) is 22.8 Å². The van der Waals surface area contributed by atoms with E-state index < -0.39 is 15.7 Å². The van der Waals surface area contributed by atoms with Gasteiger partial charge in [-0.2, -0.15) is 9.34 Å². The van der Waals surface area contributed by atoms with E-state index in [0.717, 1.165) is 33.9 Å². The van der Waals surface area contributed by atoms with Crippen molar-refractivity contribution in [2.75, 3.05) is 0 Å². The first-order chi connectivity index (χ1) is 27.4. The molecule has 58 heavy (non-hydrogen) atoms. The number of hydrogen-bond acceptors (Lipinski definition) is 8. The molecule has 8 nitrogen and oxygen atoms in total. The highest BCUT2D eigenvalue weighted by Gasteiger charge is 2.68. The van der Waals surface area contributed by atoms with E-state index >= 15 is 0 Å². The van der Waals surface area contributed by atoms with Gasteiger partial charge < -0.3 is 0 Å². The summed E-state index contributed by atoms with van der Waals surface area (Å²) in [7, 11) is -5.03. The zero-order valence-corrected chi connectivity index (χ0v) is 40.1. The molecule has 4 aliphatic heterocycles. The van der Waals surface area contributed by atoms with Crippen LogP contribution in [0.2, 0.25) is 0 Å². The maximum absolute atomic E-state index is 6.02. The van der Waals surface area contributed by atoms with Gasteiger partial charge in [-0.3, -0.25) is 0 Å². The van der Waals surface area contributed by atoms with Crippen LogP contribution in [0.4, 0.5) is 0 Å². The number of fused-ring (bicyclic) bond motifs is 2. The van der Waals surface area contributed by atoms with Gasteiger partial charge in [0.15, 0.2) is 0 Å². The number of benzene rings is 2. The molecule has 0 aromatic heterocycles. The van der Waals surface area contributed by atoms with Gasteiger partial charge in [-0.15, -0.1) is 18.7 Å². The molecule has 0 radical (unpaired) electrons. The Morgan fingerprint density at radius 2 is 0.655 bits per heavy atom. The molecule has 6 rings (SSSR count). The minimum atomic E-state index is -2.51. The fourth-order valence-corrected chi connectivity index (χ4v) is 19.3. The van der Waals surface area contributed by atoms with Crippen molar-refractivity contribution in [2.24, 2.45) is 9.53 Å². The monoisotopic (exact) mass is 823 g/mol. The number of allylic oxidation sites excluding steroid dienone is 8. The Balaban J connectivity index is 1.61. The zero-order valence-electron chi connectivity index (χ0n) is 38.3. The maximum Gasteiger partial charge on any atom is 0.384 e. The molecule has 0 saturated heterocycles. The molecule has 0 bridgehead atoms. The molecule has 2 aromatic carbocycles. The van der Waals surface area contributed by atoms with Crippen molar-refractivity contribution >= 4 is 27.2 Å². The summed E-state index contributed by atoms with van der Waals surface area (Å²) in [6.45, 7) is 37.4. The van der Waals surface area contributed by atoms with Crippen molar-refractivity contribution in [1.82, 2.24) is 28.0 Å². The fourth-order valence-electron chi connectivity index (χ4n) is 9.99. The van der Waals surface area contributed by atoms with Gasteiger partial charge in [-0.25, -0.2) is 0 Å². The average Bonchev–Trinajstić information content (AvgIpc) is 3.64. The summed E-state index contributed by atoms with van der Waals surface area (Å²) in [5.41, 5.74) is 9.12. The average molecular weight is 823 g/mol. The normalized spacial score (nSPS) is 20.1. The van der Waals surface area contributed by atoms with Crippen LogP contribution in [0.15, 0.2) is 129 Å². The van der Waals surface area contributed by atoms with Crippen LogP contribution in [0, 0.1) is 0 Å². The van der Waals surface area contributed by atoms with Crippen LogP contribution in [0.1, 0.15) is 122 Å². The van der Waals surface area contributed by atoms with Crippen molar-refractivity contribution in [1.29, 1.82) is 0 Å². The van der Waals surface area contributed by atoms with Gasteiger partial charge >= 0.3 is 15.7 Å². The highest BCUT2D eigenvalue weighted by molar-refractivity contribution is 7.69. The molecular weight excluding hydrogens is 751 g/mol. The summed E-state index contributed by atoms with van der Waals surface area (Å²) in [5, 5.41) is 0. The fraction of sp³-hybridized carbons (Fsp3) is 0.500. The Labute approximate surface area is 353 Å². The smallest absolute Gasteiger partial charge is 0.169 e. The molecule has 0 aliphatic carbocycles. The summed E-state index contributed by atoms with van der Waals surface area (Å²) in [5.74, 6) is 0. The molecule has 4 aliphatic rings. The van der Waals surface area contributed by atoms with Crippen LogP contribution in [0.3, 0.4) is 0 Å². The van der Waals surface area contributed by atoms with E-state index in [-0.39, 0.29) is 48.3 Å². The first kappa shape index (κ1) is 44.3. The standard InChI is InChI=1S/C48H72N8P2/c1-33(2)53(34(3)4)57(54(35(5)6)36(7)8)49-47(41-23-19-17-20-24-41)45-31-43(27-29-51(45)57)44-28-30-52-46(32-44)48(42-25-21-18-22-26-42)50-58(52,55(37(9)10)38(11)12)56(39(13)14)40(15)16/h17-40H,1-16H3/q+2/b44-43+. The van der Waals surface area contributed by atoms with Gasteiger partial charge in [0.05, 0.1) is 0 Å². The first-order valence-corrected chi connectivity index (χ1v) is 25.0. The topological polar surface area (TPSA) is 44.2 Å². The molecule has 0 atom stereocenters. The molecule has 0 amide bonds. The van der Waals surface area contributed by atoms with E-state index in [1.165, 1.54) is 11.1 Å². The number of hydrogen-bond donors (Lipinski definition) is 0. The van der Waals surface area contributed by atoms with E-state index in [2.05, 4.69) is 236 Å². The molecule has 312 valence electrons. The van der Waals surface area contributed by atoms with E-state index in [9.17, 15) is 0 Å². The van der Waals surface area contributed by atoms with Crippen molar-refractivity contribution < 1.29 is 0 Å². The molecule has 0 unspecified atom stereocenters. The van der Waals surface area contributed by atoms with Crippen LogP contribution in [0.25, 0.3) is 0 Å². The second kappa shape index (κ2) is 17.4. The van der Waals surface area contributed by atoms with Gasteiger partial charge in [0.2, 0.25) is 0 Å². The van der Waals surface area contributed by atoms with Crippen LogP contribution in [-0.4, -0.2) is 87.8 Å². The predicted molar refractivity (Wildman–Crippen MR) is 253 cm³/mol. The molecule has 0 N–H and O–H groups in total. The number of nitrogens with zero attached hydrogens (tertiary/aromatic N) is 8. The Morgan fingerprint density at radius 1 is 0.397 bits per heavy atom. The van der Waals surface area contributed by atoms with E-state index in [4.69, 9.17) is 9.53 Å². The minimum Gasteiger partial charge on any atom is -0.169 e. The third-order valence-corrected chi connectivity index (χ3v) is 20.3. The van der Waals surface area contributed by atoms with Crippen molar-refractivity contribution in [2.45, 2.75) is 159 Å². The lowest BCUT2D eigenvalue weighted by atomic mass is 9.97. The highest BCUT2D eigenvalue weighted by atomic mass is 31.2. The Morgan fingerprint density at radius 3 is 0.897 bits per heavy atom. The van der Waals surface area contributed by atoms with E-state index in [1.807, 2.05) is 0 Å². The first-order valence-electron chi connectivity index (χ1n) is 21.8. The maximum atomic E-state index is 6.02. The highest BCUT2D eigenvalue weighted by Crippen LogP contribution is 2.78. The lowest BCUT2D eigenvalue weighted by Gasteiger charge is -2.47. The van der Waals surface area contributed by atoms with Gasteiger partial charge in [-0.1, -0.05) is 70.2 Å². The summed E-state index contributed by atoms with van der Waals surface area (Å²) < 4.78 is 28.0. The molecular formula is C48H72N8P2+2. The lowest BCUT2D eigenvalue weighted by molar-refractivity contribution is 0.227. The predicted octanol–water partition coefficient (Wildman–Crippen LogP) is 12.5. The SMILES string of the molecule is CC(C)N(C(C)C)[P+]1(N(C(C)C)C(C)C)N=C(c2ccccc2)C2=C/C(=C3\C=CN4C(=C3)C(c3ccccc3)=N[P+]4(N(C(C)C)C(C)C)N(C(C)C)C(C)C)C=CN21. The van der Waals surface area contributed by atoms with Crippen LogP contribution >= 0.6 is 15.7 Å². The second-order valence-electron chi connectivity index (χ2n) is 18.3. The number of rotatable bonds is 14. The molecule has 10 heteroatoms. The van der Waals surface area contributed by atoms with Crippen LogP contribution < -0.4 is 0 Å². The molecule has 0 saturated carbocycles. The summed E-state index contributed by atoms with van der Waals surface area (Å²) in [6.07, 6.45) is 14.2. The largest absolute Gasteiger partial charge is 0.384 e. The summed E-state index contributed by atoms with van der Waals surface area (Å²) in [4.78, 5) is 0. The molecule has 0 spiro atoms. The molecule has 2 aromatic rings. The quantitative estimate of drug-likeness (QED) is 0.177. The van der Waals surface area contributed by atoms with Crippen molar-refractivity contribution in [3.8, 4) is 0 Å². The zero-order chi connectivity index (χ0) is 42.4. The van der Waals surface area contributed by atoms with E-state index in [0.29, 0.717) is 0 Å². The lowest BCUT2D eigenvalue weighted by Crippen LogP contribution is -2.50. The van der Waals surface area contributed by atoms with Gasteiger partial charge in [0.25, 0.3) is 0 Å². The van der Waals surface area contributed by atoms with Gasteiger partial charge in [0, 0.05) is 71.9 Å². The molecule has 4 heterocycles. The Kier molecular flexibility index (Phi) is 13.3. The van der Waals surface area contributed by atoms with Crippen LogP contribution in [-0.2, 0) is 0 Å². The van der Waals surface area contributed by atoms with E-state index in [1.54, 1.807) is 0 Å². The third-order valence-electron chi connectivity index (χ3n) is 11.3. The summed E-state index contributed by atoms with van der Waals surface area (Å²) in [6, 6.07) is 23.9. The van der Waals surface area contributed by atoms with Crippen LogP contribution in [0.5, 0.6) is 0 Å². The molecule has 0 fully saturated rings. The second-order valence-corrected chi connectivity index (χ2v) is 23.5. The minimum absolute atomic E-state index is 0.285. The Hall–Kier alpha value is -3.22. The Bertz CT molecular complexity index is 1790. The van der Waals surface area contributed by atoms with Gasteiger partial charge in [-0.05, 0) is 146 Å². The third kappa shape index (κ3) is 7.56. The van der Waals surface area contributed by atoms with Crippen molar-refractivity contribution in [3.63, 3.8) is 0 Å². The van der Waals surface area contributed by atoms with Crippen molar-refractivity contribution in [3.05, 3.63) is 131 Å².